The van der Waals surface area contributed by atoms with Crippen LogP contribution >= 0.6 is 0 Å². The average molecular weight is 603 g/mol. The van der Waals surface area contributed by atoms with E-state index in [4.69, 9.17) is 18.9 Å². The van der Waals surface area contributed by atoms with Gasteiger partial charge in [-0.25, -0.2) is 9.59 Å². The van der Waals surface area contributed by atoms with Crippen LogP contribution in [0.2, 0.25) is 0 Å². The van der Waals surface area contributed by atoms with Crippen molar-refractivity contribution in [1.82, 2.24) is 4.90 Å². The van der Waals surface area contributed by atoms with Crippen LogP contribution in [0.25, 0.3) is 0 Å². The predicted molar refractivity (Wildman–Crippen MR) is 168 cm³/mol. The molecule has 1 heterocycles. The van der Waals surface area contributed by atoms with E-state index in [2.05, 4.69) is 31.3 Å². The standard InChI is InChI=1S/C35H42N2O7/c1-23(2)18-25-12-14-26(15-13-25)21-37(27(22-38)19-24-10-8-7-9-11-24)32(31-33(39)43-35(3,4)44-34(31)40)36-29-17-16-28(41-5)20-30(29)42-6/h7-17,20,23,27,36,38H,18-19,21-22H2,1-6H3. The Balaban J connectivity index is 1.88. The maximum absolute atomic E-state index is 13.5. The van der Waals surface area contributed by atoms with Crippen molar-refractivity contribution in [2.75, 3.05) is 26.1 Å². The molecule has 3 aromatic rings. The molecule has 234 valence electrons. The summed E-state index contributed by atoms with van der Waals surface area (Å²) < 4.78 is 22.0. The van der Waals surface area contributed by atoms with Gasteiger partial charge < -0.3 is 34.3 Å². The average Bonchev–Trinajstić information content (AvgIpc) is 2.98. The molecule has 0 bridgehead atoms. The zero-order valence-corrected chi connectivity index (χ0v) is 26.3. The van der Waals surface area contributed by atoms with Gasteiger partial charge in [0.05, 0.1) is 32.6 Å². The minimum atomic E-state index is -1.43. The molecule has 0 spiro atoms. The maximum atomic E-state index is 13.5. The van der Waals surface area contributed by atoms with Crippen LogP contribution in [-0.4, -0.2) is 54.6 Å². The molecule has 1 aliphatic rings. The van der Waals surface area contributed by atoms with Crippen LogP contribution in [0.5, 0.6) is 11.5 Å². The highest BCUT2D eigenvalue weighted by Crippen LogP contribution is 2.34. The molecule has 44 heavy (non-hydrogen) atoms. The van der Waals surface area contributed by atoms with Gasteiger partial charge in [-0.3, -0.25) is 0 Å². The number of aliphatic hydroxyl groups excluding tert-OH is 1. The highest BCUT2D eigenvalue weighted by molar-refractivity contribution is 6.16. The summed E-state index contributed by atoms with van der Waals surface area (Å²) in [6, 6.07) is 22.5. The number of benzene rings is 3. The Bertz CT molecular complexity index is 1440. The van der Waals surface area contributed by atoms with Gasteiger partial charge in [0.2, 0.25) is 0 Å². The summed E-state index contributed by atoms with van der Waals surface area (Å²) >= 11 is 0. The number of carbonyl (C=O) groups excluding carboxylic acids is 2. The van der Waals surface area contributed by atoms with Crippen molar-refractivity contribution in [2.24, 2.45) is 5.92 Å². The number of methoxy groups -OCH3 is 2. The monoisotopic (exact) mass is 602 g/mol. The van der Waals surface area contributed by atoms with E-state index in [0.29, 0.717) is 29.5 Å². The lowest BCUT2D eigenvalue weighted by molar-refractivity contribution is -0.222. The number of ether oxygens (including phenoxy) is 4. The summed E-state index contributed by atoms with van der Waals surface area (Å²) in [5.41, 5.74) is 3.26. The van der Waals surface area contributed by atoms with Crippen LogP contribution < -0.4 is 14.8 Å². The van der Waals surface area contributed by atoms with Gasteiger partial charge in [0.25, 0.3) is 5.79 Å². The third-order valence-electron chi connectivity index (χ3n) is 7.26. The first kappa shape index (κ1) is 32.4. The smallest absolute Gasteiger partial charge is 0.352 e. The van der Waals surface area contributed by atoms with E-state index in [9.17, 15) is 14.7 Å². The van der Waals surface area contributed by atoms with Crippen molar-refractivity contribution in [3.05, 3.63) is 101 Å². The molecule has 9 heteroatoms. The molecule has 1 fully saturated rings. The van der Waals surface area contributed by atoms with Crippen LogP contribution in [0.1, 0.15) is 44.4 Å². The van der Waals surface area contributed by atoms with Gasteiger partial charge in [-0.1, -0.05) is 68.4 Å². The number of anilines is 1. The van der Waals surface area contributed by atoms with E-state index in [1.165, 1.54) is 26.5 Å². The van der Waals surface area contributed by atoms with Crippen molar-refractivity contribution >= 4 is 17.6 Å². The number of nitrogens with one attached hydrogen (secondary N) is 1. The quantitative estimate of drug-likeness (QED) is 0.150. The fraction of sp³-hybridized carbons (Fsp3) is 0.371. The Morgan fingerprint density at radius 2 is 1.48 bits per heavy atom. The number of hydrogen-bond acceptors (Lipinski definition) is 9. The van der Waals surface area contributed by atoms with E-state index in [1.807, 2.05) is 47.4 Å². The number of cyclic esters (lactones) is 2. The number of nitrogens with zero attached hydrogens (tertiary/aromatic N) is 1. The van der Waals surface area contributed by atoms with Gasteiger partial charge in [0, 0.05) is 26.5 Å². The normalized spacial score (nSPS) is 14.9. The summed E-state index contributed by atoms with van der Waals surface area (Å²) in [4.78, 5) is 28.9. The summed E-state index contributed by atoms with van der Waals surface area (Å²) in [6.07, 6.45) is 1.37. The van der Waals surface area contributed by atoms with Gasteiger partial charge >= 0.3 is 11.9 Å². The SMILES string of the molecule is COc1ccc(NC(=C2C(=O)OC(C)(C)OC2=O)N(Cc2ccc(CC(C)C)cc2)C(CO)Cc2ccccc2)c(OC)c1. The number of hydrogen-bond donors (Lipinski definition) is 2. The Labute approximate surface area is 259 Å². The molecule has 0 aliphatic carbocycles. The minimum absolute atomic E-state index is 0.125. The summed E-state index contributed by atoms with van der Waals surface area (Å²) in [5, 5.41) is 14.1. The summed E-state index contributed by atoms with van der Waals surface area (Å²) in [7, 11) is 3.06. The molecule has 0 aromatic heterocycles. The van der Waals surface area contributed by atoms with E-state index >= 15 is 0 Å². The third-order valence-corrected chi connectivity index (χ3v) is 7.26. The molecular weight excluding hydrogens is 560 g/mol. The molecule has 1 unspecified atom stereocenters. The fourth-order valence-electron chi connectivity index (χ4n) is 5.15. The lowest BCUT2D eigenvalue weighted by atomic mass is 10.0. The van der Waals surface area contributed by atoms with Gasteiger partial charge in [-0.2, -0.15) is 0 Å². The number of aliphatic hydroxyl groups is 1. The molecule has 1 saturated heterocycles. The van der Waals surface area contributed by atoms with Gasteiger partial charge in [0.15, 0.2) is 5.57 Å². The second-order valence-electron chi connectivity index (χ2n) is 11.7. The Morgan fingerprint density at radius 3 is 2.05 bits per heavy atom. The second kappa shape index (κ2) is 14.3. The lowest BCUT2D eigenvalue weighted by Gasteiger charge is -2.38. The first-order valence-electron chi connectivity index (χ1n) is 14.7. The maximum Gasteiger partial charge on any atom is 0.352 e. The van der Waals surface area contributed by atoms with E-state index in [-0.39, 0.29) is 24.5 Å². The van der Waals surface area contributed by atoms with Crippen molar-refractivity contribution in [3.63, 3.8) is 0 Å². The number of esters is 2. The molecule has 4 rings (SSSR count). The molecule has 9 nitrogen and oxygen atoms in total. The van der Waals surface area contributed by atoms with E-state index in [0.717, 1.165) is 17.5 Å². The highest BCUT2D eigenvalue weighted by atomic mass is 16.7. The zero-order chi connectivity index (χ0) is 31.9. The molecule has 0 radical (unpaired) electrons. The predicted octanol–water partition coefficient (Wildman–Crippen LogP) is 5.47. The van der Waals surface area contributed by atoms with Crippen molar-refractivity contribution in [1.29, 1.82) is 0 Å². The van der Waals surface area contributed by atoms with Crippen LogP contribution in [0, 0.1) is 5.92 Å². The Morgan fingerprint density at radius 1 is 0.864 bits per heavy atom. The Kier molecular flexibility index (Phi) is 10.5. The van der Waals surface area contributed by atoms with Crippen LogP contribution in [0.15, 0.2) is 84.2 Å². The van der Waals surface area contributed by atoms with E-state index in [1.54, 1.807) is 25.3 Å². The zero-order valence-electron chi connectivity index (χ0n) is 26.3. The number of rotatable bonds is 13. The van der Waals surface area contributed by atoms with Crippen LogP contribution in [-0.2, 0) is 38.4 Å². The molecule has 0 amide bonds. The molecular formula is C35H42N2O7. The first-order valence-corrected chi connectivity index (χ1v) is 14.7. The van der Waals surface area contributed by atoms with Crippen molar-refractivity contribution in [2.45, 2.75) is 58.9 Å². The van der Waals surface area contributed by atoms with Crippen LogP contribution in [0.3, 0.4) is 0 Å². The largest absolute Gasteiger partial charge is 0.497 e. The molecule has 0 saturated carbocycles. The third kappa shape index (κ3) is 8.11. The minimum Gasteiger partial charge on any atom is -0.497 e. The highest BCUT2D eigenvalue weighted by Gasteiger charge is 2.43. The lowest BCUT2D eigenvalue weighted by Crippen LogP contribution is -2.47. The summed E-state index contributed by atoms with van der Waals surface area (Å²) in [5.74, 6) is -1.49. The Hall–Kier alpha value is -4.50. The van der Waals surface area contributed by atoms with Crippen molar-refractivity contribution in [3.8, 4) is 11.5 Å². The van der Waals surface area contributed by atoms with Crippen molar-refractivity contribution < 1.29 is 33.6 Å². The number of carbonyl (C=O) groups is 2. The fourth-order valence-corrected chi connectivity index (χ4v) is 5.15. The van der Waals surface area contributed by atoms with Gasteiger partial charge in [0.1, 0.15) is 17.3 Å². The van der Waals surface area contributed by atoms with Crippen LogP contribution in [0.4, 0.5) is 5.69 Å². The van der Waals surface area contributed by atoms with Gasteiger partial charge in [-0.05, 0) is 47.6 Å². The summed E-state index contributed by atoms with van der Waals surface area (Å²) in [6.45, 7) is 7.34. The van der Waals surface area contributed by atoms with Gasteiger partial charge in [-0.15, -0.1) is 0 Å². The first-order chi connectivity index (χ1) is 21.0. The molecule has 1 aliphatic heterocycles. The van der Waals surface area contributed by atoms with E-state index < -0.39 is 23.8 Å². The second-order valence-corrected chi connectivity index (χ2v) is 11.7. The topological polar surface area (TPSA) is 107 Å². The molecule has 1 atom stereocenters. The molecule has 3 aromatic carbocycles. The molecule has 2 N–H and O–H groups in total.